The van der Waals surface area contributed by atoms with E-state index in [-0.39, 0.29) is 17.6 Å². The van der Waals surface area contributed by atoms with Gasteiger partial charge < -0.3 is 9.67 Å². The van der Waals surface area contributed by atoms with E-state index < -0.39 is 0 Å². The first-order valence-corrected chi connectivity index (χ1v) is 10.9. The first kappa shape index (κ1) is 20.7. The quantitative estimate of drug-likeness (QED) is 0.431. The normalized spacial score (nSPS) is 12.9. The van der Waals surface area contributed by atoms with Crippen LogP contribution in [0.15, 0.2) is 85.2 Å². The standard InChI is InChI=1S/C27H23N3O3/c31-21-11-6-8-19(16-21)17-29-18-28-25(20-9-2-1-3-10-20)24(29)14-7-15-30-26(32)22-12-4-5-13-23(22)27(30)33/h1-6,8-13,16,18,31H,7,14-15,17H2. The number of rotatable bonds is 7. The topological polar surface area (TPSA) is 75.4 Å². The van der Waals surface area contributed by atoms with Crippen molar-refractivity contribution < 1.29 is 14.7 Å². The summed E-state index contributed by atoms with van der Waals surface area (Å²) >= 11 is 0. The molecule has 0 aliphatic carbocycles. The monoisotopic (exact) mass is 437 g/mol. The average molecular weight is 437 g/mol. The van der Waals surface area contributed by atoms with E-state index >= 15 is 0 Å². The number of fused-ring (bicyclic) bond motifs is 1. The Balaban J connectivity index is 1.38. The van der Waals surface area contributed by atoms with Crippen LogP contribution in [-0.2, 0) is 13.0 Å². The number of benzene rings is 3. The number of phenolic OH excluding ortho intramolecular Hbond substituents is 1. The molecule has 0 atom stereocenters. The molecular formula is C27H23N3O3. The SMILES string of the molecule is O=C1c2ccccc2C(=O)N1CCCc1c(-c2ccccc2)ncn1Cc1cccc(O)c1. The molecule has 0 unspecified atom stereocenters. The van der Waals surface area contributed by atoms with Gasteiger partial charge in [-0.1, -0.05) is 54.6 Å². The molecule has 2 amide bonds. The van der Waals surface area contributed by atoms with Gasteiger partial charge in [0.1, 0.15) is 5.75 Å². The number of nitrogens with zero attached hydrogens (tertiary/aromatic N) is 3. The van der Waals surface area contributed by atoms with E-state index in [0.717, 1.165) is 22.5 Å². The van der Waals surface area contributed by atoms with Crippen molar-refractivity contribution in [3.05, 3.63) is 108 Å². The van der Waals surface area contributed by atoms with Crippen LogP contribution in [0.1, 0.15) is 38.4 Å². The molecule has 0 saturated heterocycles. The molecule has 3 aromatic carbocycles. The zero-order chi connectivity index (χ0) is 22.8. The summed E-state index contributed by atoms with van der Waals surface area (Å²) < 4.78 is 2.07. The van der Waals surface area contributed by atoms with E-state index in [9.17, 15) is 14.7 Å². The van der Waals surface area contributed by atoms with Crippen LogP contribution in [0, 0.1) is 0 Å². The number of imide groups is 1. The molecule has 0 saturated carbocycles. The van der Waals surface area contributed by atoms with Gasteiger partial charge in [0, 0.05) is 24.3 Å². The van der Waals surface area contributed by atoms with Crippen molar-refractivity contribution in [2.24, 2.45) is 0 Å². The molecule has 2 heterocycles. The van der Waals surface area contributed by atoms with Gasteiger partial charge in [0.25, 0.3) is 11.8 Å². The van der Waals surface area contributed by atoms with Gasteiger partial charge >= 0.3 is 0 Å². The van der Waals surface area contributed by atoms with E-state index in [4.69, 9.17) is 0 Å². The Kier molecular flexibility index (Phi) is 5.48. The van der Waals surface area contributed by atoms with E-state index in [1.165, 1.54) is 4.90 Å². The van der Waals surface area contributed by atoms with Crippen molar-refractivity contribution in [2.75, 3.05) is 6.54 Å². The highest BCUT2D eigenvalue weighted by atomic mass is 16.3. The lowest BCUT2D eigenvalue weighted by molar-refractivity contribution is 0.0652. The highest BCUT2D eigenvalue weighted by molar-refractivity contribution is 6.21. The number of imidazole rings is 1. The second-order valence-corrected chi connectivity index (χ2v) is 8.11. The molecule has 1 N–H and O–H groups in total. The van der Waals surface area contributed by atoms with Crippen molar-refractivity contribution in [2.45, 2.75) is 19.4 Å². The van der Waals surface area contributed by atoms with E-state index in [1.54, 1.807) is 36.4 Å². The lowest BCUT2D eigenvalue weighted by Crippen LogP contribution is -2.31. The second kappa shape index (κ2) is 8.74. The summed E-state index contributed by atoms with van der Waals surface area (Å²) in [6.45, 7) is 0.911. The van der Waals surface area contributed by atoms with Crippen LogP contribution in [0.4, 0.5) is 0 Å². The van der Waals surface area contributed by atoms with Gasteiger partial charge in [-0.3, -0.25) is 14.5 Å². The molecule has 0 bridgehead atoms. The maximum absolute atomic E-state index is 12.7. The number of carbonyl (C=O) groups is 2. The molecule has 33 heavy (non-hydrogen) atoms. The summed E-state index contributed by atoms with van der Waals surface area (Å²) in [5.74, 6) is -0.234. The van der Waals surface area contributed by atoms with Gasteiger partial charge in [-0.05, 0) is 42.7 Å². The van der Waals surface area contributed by atoms with E-state index in [2.05, 4.69) is 9.55 Å². The van der Waals surface area contributed by atoms with Gasteiger partial charge in [0.2, 0.25) is 0 Å². The minimum Gasteiger partial charge on any atom is -0.508 e. The largest absolute Gasteiger partial charge is 0.508 e. The summed E-state index contributed by atoms with van der Waals surface area (Å²) in [6, 6.07) is 24.1. The summed E-state index contributed by atoms with van der Waals surface area (Å²) in [5, 5.41) is 9.84. The first-order valence-electron chi connectivity index (χ1n) is 10.9. The molecule has 6 nitrogen and oxygen atoms in total. The average Bonchev–Trinajstić information content (AvgIpc) is 3.34. The Hall–Kier alpha value is -4.19. The van der Waals surface area contributed by atoms with Gasteiger partial charge in [-0.2, -0.15) is 0 Å². The van der Waals surface area contributed by atoms with Crippen LogP contribution < -0.4 is 0 Å². The zero-order valence-corrected chi connectivity index (χ0v) is 18.0. The first-order chi connectivity index (χ1) is 16.1. The molecule has 0 fully saturated rings. The summed E-state index contributed by atoms with van der Waals surface area (Å²) in [4.78, 5) is 31.4. The van der Waals surface area contributed by atoms with Crippen LogP contribution in [0.3, 0.4) is 0 Å². The number of phenols is 1. The number of carbonyl (C=O) groups excluding carboxylic acids is 2. The second-order valence-electron chi connectivity index (χ2n) is 8.11. The van der Waals surface area contributed by atoms with Gasteiger partial charge in [0.05, 0.1) is 23.1 Å². The minimum atomic E-state index is -0.229. The Morgan fingerprint density at radius 3 is 2.21 bits per heavy atom. The van der Waals surface area contributed by atoms with E-state index in [0.29, 0.717) is 37.1 Å². The summed E-state index contributed by atoms with van der Waals surface area (Å²) in [7, 11) is 0. The molecule has 4 aromatic rings. The molecule has 0 spiro atoms. The highest BCUT2D eigenvalue weighted by Crippen LogP contribution is 2.26. The van der Waals surface area contributed by atoms with Gasteiger partial charge in [-0.15, -0.1) is 0 Å². The van der Waals surface area contributed by atoms with Crippen LogP contribution in [-0.4, -0.2) is 37.9 Å². The van der Waals surface area contributed by atoms with Crippen LogP contribution >= 0.6 is 0 Å². The molecule has 164 valence electrons. The van der Waals surface area contributed by atoms with Crippen LogP contribution in [0.2, 0.25) is 0 Å². The third kappa shape index (κ3) is 4.03. The molecule has 5 rings (SSSR count). The number of aromatic nitrogens is 2. The van der Waals surface area contributed by atoms with Crippen LogP contribution in [0.25, 0.3) is 11.3 Å². The predicted octanol–water partition coefficient (Wildman–Crippen LogP) is 4.53. The van der Waals surface area contributed by atoms with Crippen molar-refractivity contribution in [3.8, 4) is 17.0 Å². The highest BCUT2D eigenvalue weighted by Gasteiger charge is 2.34. The fraction of sp³-hybridized carbons (Fsp3) is 0.148. The third-order valence-electron chi connectivity index (χ3n) is 5.93. The van der Waals surface area contributed by atoms with Crippen LogP contribution in [0.5, 0.6) is 5.75 Å². The number of amides is 2. The Morgan fingerprint density at radius 1 is 0.818 bits per heavy atom. The van der Waals surface area contributed by atoms with Crippen molar-refractivity contribution in [3.63, 3.8) is 0 Å². The smallest absolute Gasteiger partial charge is 0.261 e. The molecule has 1 aliphatic rings. The molecular weight excluding hydrogens is 414 g/mol. The Labute approximate surface area is 191 Å². The molecule has 1 aliphatic heterocycles. The minimum absolute atomic E-state index is 0.225. The number of aromatic hydroxyl groups is 1. The fourth-order valence-corrected chi connectivity index (χ4v) is 4.34. The third-order valence-corrected chi connectivity index (χ3v) is 5.93. The van der Waals surface area contributed by atoms with Crippen molar-refractivity contribution in [1.29, 1.82) is 0 Å². The number of hydrogen-bond donors (Lipinski definition) is 1. The molecule has 1 aromatic heterocycles. The van der Waals surface area contributed by atoms with Crippen molar-refractivity contribution in [1.82, 2.24) is 14.5 Å². The molecule has 6 heteroatoms. The fourth-order valence-electron chi connectivity index (χ4n) is 4.34. The predicted molar refractivity (Wildman–Crippen MR) is 125 cm³/mol. The Morgan fingerprint density at radius 2 is 1.52 bits per heavy atom. The maximum atomic E-state index is 12.7. The van der Waals surface area contributed by atoms with Crippen molar-refractivity contribution >= 4 is 11.8 Å². The van der Waals surface area contributed by atoms with Gasteiger partial charge in [0.15, 0.2) is 0 Å². The lowest BCUT2D eigenvalue weighted by atomic mass is 10.1. The summed E-state index contributed by atoms with van der Waals surface area (Å²) in [5.41, 5.74) is 4.85. The Bertz CT molecular complexity index is 1290. The molecule has 0 radical (unpaired) electrons. The zero-order valence-electron chi connectivity index (χ0n) is 18.0. The van der Waals surface area contributed by atoms with Gasteiger partial charge in [-0.25, -0.2) is 4.98 Å². The number of hydrogen-bond acceptors (Lipinski definition) is 4. The lowest BCUT2D eigenvalue weighted by Gasteiger charge is -2.15. The summed E-state index contributed by atoms with van der Waals surface area (Å²) in [6.07, 6.45) is 3.08. The van der Waals surface area contributed by atoms with E-state index in [1.807, 2.05) is 48.8 Å². The maximum Gasteiger partial charge on any atom is 0.261 e.